The van der Waals surface area contributed by atoms with Gasteiger partial charge in [-0.05, 0) is 34.2 Å². The summed E-state index contributed by atoms with van der Waals surface area (Å²) in [5, 5.41) is 8.98. The van der Waals surface area contributed by atoms with Crippen LogP contribution >= 0.6 is 38.5 Å². The fraction of sp³-hybridized carbons (Fsp3) is 0.333. The molecule has 0 aliphatic rings. The third-order valence-corrected chi connectivity index (χ3v) is 3.62. The number of halogens is 4. The van der Waals surface area contributed by atoms with Gasteiger partial charge in [0.1, 0.15) is 5.69 Å². The number of carboxylic acids is 1. The van der Waals surface area contributed by atoms with Crippen molar-refractivity contribution >= 4 is 44.5 Å². The zero-order valence-electron chi connectivity index (χ0n) is 7.88. The molecule has 0 saturated heterocycles. The second kappa shape index (κ2) is 5.85. The van der Waals surface area contributed by atoms with E-state index in [1.165, 1.54) is 6.07 Å². The van der Waals surface area contributed by atoms with Gasteiger partial charge < -0.3 is 5.11 Å². The number of alkyl halides is 3. The molecule has 0 spiro atoms. The zero-order valence-corrected chi connectivity index (χ0v) is 11.6. The van der Waals surface area contributed by atoms with Crippen molar-refractivity contribution in [2.24, 2.45) is 0 Å². The van der Waals surface area contributed by atoms with E-state index >= 15 is 0 Å². The van der Waals surface area contributed by atoms with Crippen molar-refractivity contribution in [1.29, 1.82) is 0 Å². The average Bonchev–Trinajstić information content (AvgIpc) is 2.19. The van der Waals surface area contributed by atoms with Gasteiger partial charge in [0.25, 0.3) is 6.43 Å². The first-order chi connectivity index (χ1) is 7.45. The summed E-state index contributed by atoms with van der Waals surface area (Å²) in [4.78, 5) is 14.3. The Labute approximate surface area is 113 Å². The predicted octanol–water partition coefficient (Wildman–Crippen LogP) is 3.15. The van der Waals surface area contributed by atoms with Crippen molar-refractivity contribution < 1.29 is 18.7 Å². The molecule has 0 fully saturated rings. The molecule has 0 aromatic carbocycles. The van der Waals surface area contributed by atoms with Crippen LogP contribution < -0.4 is 0 Å². The molecule has 1 aromatic heterocycles. The number of pyridine rings is 1. The minimum absolute atomic E-state index is 0.222. The van der Waals surface area contributed by atoms with Gasteiger partial charge in [-0.1, -0.05) is 15.9 Å². The maximum Gasteiger partial charge on any atom is 0.307 e. The lowest BCUT2D eigenvalue weighted by molar-refractivity contribution is -0.136. The van der Waals surface area contributed by atoms with Crippen LogP contribution in [-0.4, -0.2) is 16.1 Å². The highest BCUT2D eigenvalue weighted by Crippen LogP contribution is 2.27. The maximum absolute atomic E-state index is 12.6. The molecule has 3 nitrogen and oxygen atoms in total. The molecule has 0 aliphatic heterocycles. The Morgan fingerprint density at radius 2 is 2.25 bits per heavy atom. The highest BCUT2D eigenvalue weighted by molar-refractivity contribution is 14.1. The van der Waals surface area contributed by atoms with Crippen LogP contribution in [0.5, 0.6) is 0 Å². The molecule has 0 bridgehead atoms. The highest BCUT2D eigenvalue weighted by Gasteiger charge is 2.19. The van der Waals surface area contributed by atoms with Crippen LogP contribution in [0.2, 0.25) is 0 Å². The van der Waals surface area contributed by atoms with Crippen molar-refractivity contribution in [2.45, 2.75) is 18.2 Å². The molecule has 0 amide bonds. The number of aromatic nitrogens is 1. The standard InChI is InChI=1S/C9H7BrF2INO2/c10-3-5-1-4(2-6(15)16)7(13)8(14-5)9(11)12/h1,9H,2-3H2,(H,15,16). The molecule has 1 rings (SSSR count). The Kier molecular flexibility index (Phi) is 5.03. The summed E-state index contributed by atoms with van der Waals surface area (Å²) >= 11 is 4.81. The number of hydrogen-bond donors (Lipinski definition) is 1. The summed E-state index contributed by atoms with van der Waals surface area (Å²) in [7, 11) is 0. The normalized spacial score (nSPS) is 10.8. The third kappa shape index (κ3) is 3.34. The van der Waals surface area contributed by atoms with E-state index in [0.29, 0.717) is 16.6 Å². The fourth-order valence-corrected chi connectivity index (χ4v) is 2.16. The van der Waals surface area contributed by atoms with E-state index in [0.717, 1.165) is 0 Å². The van der Waals surface area contributed by atoms with Crippen LogP contribution in [0.4, 0.5) is 8.78 Å². The van der Waals surface area contributed by atoms with Gasteiger partial charge in [0.2, 0.25) is 0 Å². The molecule has 0 unspecified atom stereocenters. The summed E-state index contributed by atoms with van der Waals surface area (Å²) in [5.74, 6) is -1.05. The highest BCUT2D eigenvalue weighted by atomic mass is 127. The molecule has 88 valence electrons. The lowest BCUT2D eigenvalue weighted by atomic mass is 10.1. The van der Waals surface area contributed by atoms with E-state index in [1.54, 1.807) is 22.6 Å². The molecule has 0 aliphatic carbocycles. The first-order valence-electron chi connectivity index (χ1n) is 4.19. The molecule has 0 radical (unpaired) electrons. The molecule has 7 heteroatoms. The van der Waals surface area contributed by atoms with Crippen LogP contribution in [0.25, 0.3) is 0 Å². The Hall–Kier alpha value is -0.310. The van der Waals surface area contributed by atoms with Crippen molar-refractivity contribution in [3.8, 4) is 0 Å². The van der Waals surface area contributed by atoms with Crippen LogP contribution in [0.15, 0.2) is 6.07 Å². The van der Waals surface area contributed by atoms with E-state index in [1.807, 2.05) is 0 Å². The first kappa shape index (κ1) is 13.8. The zero-order chi connectivity index (χ0) is 12.3. The van der Waals surface area contributed by atoms with E-state index in [4.69, 9.17) is 5.11 Å². The fourth-order valence-electron chi connectivity index (χ4n) is 1.17. The average molecular weight is 406 g/mol. The minimum Gasteiger partial charge on any atom is -0.481 e. The van der Waals surface area contributed by atoms with Gasteiger partial charge in [-0.3, -0.25) is 4.79 Å². The Morgan fingerprint density at radius 3 is 2.69 bits per heavy atom. The smallest absolute Gasteiger partial charge is 0.307 e. The topological polar surface area (TPSA) is 50.2 Å². The third-order valence-electron chi connectivity index (χ3n) is 1.80. The van der Waals surface area contributed by atoms with E-state index < -0.39 is 12.4 Å². The summed E-state index contributed by atoms with van der Waals surface area (Å²) in [5.41, 5.74) is 0.425. The monoisotopic (exact) mass is 405 g/mol. The maximum atomic E-state index is 12.6. The quantitative estimate of drug-likeness (QED) is 0.618. The Bertz CT molecular complexity index is 415. The lowest BCUT2D eigenvalue weighted by Crippen LogP contribution is -2.08. The van der Waals surface area contributed by atoms with Gasteiger partial charge in [-0.25, -0.2) is 13.8 Å². The molecular formula is C9H7BrF2INO2. The van der Waals surface area contributed by atoms with Crippen LogP contribution in [0.3, 0.4) is 0 Å². The lowest BCUT2D eigenvalue weighted by Gasteiger charge is -2.09. The summed E-state index contributed by atoms with van der Waals surface area (Å²) in [6.45, 7) is 0. The van der Waals surface area contributed by atoms with Crippen molar-refractivity contribution in [3.05, 3.63) is 26.6 Å². The largest absolute Gasteiger partial charge is 0.481 e. The van der Waals surface area contributed by atoms with Gasteiger partial charge in [-0.2, -0.15) is 0 Å². The van der Waals surface area contributed by atoms with Crippen molar-refractivity contribution in [3.63, 3.8) is 0 Å². The van der Waals surface area contributed by atoms with Gasteiger partial charge in [0.05, 0.1) is 12.1 Å². The molecule has 1 N–H and O–H groups in total. The number of nitrogens with zero attached hydrogens (tertiary/aromatic N) is 1. The molecule has 0 atom stereocenters. The molecule has 1 aromatic rings. The number of hydrogen-bond acceptors (Lipinski definition) is 2. The molecular weight excluding hydrogens is 399 g/mol. The predicted molar refractivity (Wildman–Crippen MR) is 65.9 cm³/mol. The summed E-state index contributed by atoms with van der Waals surface area (Å²) in [6, 6.07) is 1.52. The van der Waals surface area contributed by atoms with Crippen LogP contribution in [0.1, 0.15) is 23.4 Å². The second-order valence-corrected chi connectivity index (χ2v) is 4.62. The molecule has 16 heavy (non-hydrogen) atoms. The molecule has 0 saturated carbocycles. The summed E-state index contributed by atoms with van der Waals surface area (Å²) < 4.78 is 25.5. The Morgan fingerprint density at radius 1 is 1.62 bits per heavy atom. The number of aliphatic carboxylic acids is 1. The van der Waals surface area contributed by atoms with Crippen molar-refractivity contribution in [1.82, 2.24) is 4.98 Å². The summed E-state index contributed by atoms with van der Waals surface area (Å²) in [6.07, 6.45) is -2.97. The van der Waals surface area contributed by atoms with Gasteiger partial charge >= 0.3 is 5.97 Å². The minimum atomic E-state index is -2.70. The molecule has 1 heterocycles. The first-order valence-corrected chi connectivity index (χ1v) is 6.39. The number of carboxylic acid groups (broad SMARTS) is 1. The number of rotatable bonds is 4. The number of carbonyl (C=O) groups is 1. The van der Waals surface area contributed by atoms with Crippen LogP contribution in [0, 0.1) is 3.57 Å². The van der Waals surface area contributed by atoms with Crippen molar-refractivity contribution in [2.75, 3.05) is 0 Å². The van der Waals surface area contributed by atoms with E-state index in [-0.39, 0.29) is 15.7 Å². The van der Waals surface area contributed by atoms with E-state index in [9.17, 15) is 13.6 Å². The van der Waals surface area contributed by atoms with Gasteiger partial charge in [-0.15, -0.1) is 0 Å². The Balaban J connectivity index is 3.25. The van der Waals surface area contributed by atoms with Gasteiger partial charge in [0.15, 0.2) is 0 Å². The van der Waals surface area contributed by atoms with Gasteiger partial charge in [0, 0.05) is 8.90 Å². The SMILES string of the molecule is O=C(O)Cc1cc(CBr)nc(C(F)F)c1I. The second-order valence-electron chi connectivity index (χ2n) is 2.98. The van der Waals surface area contributed by atoms with E-state index in [2.05, 4.69) is 20.9 Å². The van der Waals surface area contributed by atoms with Crippen LogP contribution in [-0.2, 0) is 16.5 Å².